The summed E-state index contributed by atoms with van der Waals surface area (Å²) in [7, 11) is 0. The molecule has 7 heteroatoms. The highest BCUT2D eigenvalue weighted by Crippen LogP contribution is 2.35. The van der Waals surface area contributed by atoms with Gasteiger partial charge in [-0.15, -0.1) is 0 Å². The summed E-state index contributed by atoms with van der Waals surface area (Å²) in [6, 6.07) is 5.41. The standard InChI is InChI=1S/C19H21N3O4/c23-17-4-3-15(18(24)21-17)22-9-11-7-12(1-2-13(11)19(22)25)26-16-6-10-5-14(16)20-8-10/h1-2,7,10,14-16,20H,3-6,8-9H2,(H,21,23,24). The van der Waals surface area contributed by atoms with Gasteiger partial charge >= 0.3 is 0 Å². The van der Waals surface area contributed by atoms with Crippen LogP contribution in [0.2, 0.25) is 0 Å². The van der Waals surface area contributed by atoms with Crippen molar-refractivity contribution < 1.29 is 19.1 Å². The molecule has 0 spiro atoms. The summed E-state index contributed by atoms with van der Waals surface area (Å²) in [4.78, 5) is 37.7. The second-order valence-electron chi connectivity index (χ2n) is 7.73. The number of hydrogen-bond donors (Lipinski definition) is 2. The molecule has 1 aromatic rings. The molecule has 7 nitrogen and oxygen atoms in total. The highest BCUT2D eigenvalue weighted by Gasteiger charge is 2.42. The maximum Gasteiger partial charge on any atom is 0.255 e. The molecular weight excluding hydrogens is 334 g/mol. The molecule has 0 aromatic heterocycles. The summed E-state index contributed by atoms with van der Waals surface area (Å²) in [6.45, 7) is 1.47. The Morgan fingerprint density at radius 3 is 2.77 bits per heavy atom. The molecule has 2 bridgehead atoms. The second kappa shape index (κ2) is 5.81. The molecule has 1 aromatic carbocycles. The fourth-order valence-electron chi connectivity index (χ4n) is 4.73. The number of carbonyl (C=O) groups excluding carboxylic acids is 3. The number of nitrogens with one attached hydrogen (secondary N) is 2. The van der Waals surface area contributed by atoms with E-state index in [2.05, 4.69) is 10.6 Å². The van der Waals surface area contributed by atoms with E-state index in [1.54, 1.807) is 11.0 Å². The zero-order valence-electron chi connectivity index (χ0n) is 14.4. The molecule has 3 aliphatic heterocycles. The Kier molecular flexibility index (Phi) is 3.53. The average Bonchev–Trinajstić information content (AvgIpc) is 3.30. The minimum absolute atomic E-state index is 0.150. The van der Waals surface area contributed by atoms with Crippen LogP contribution in [0.15, 0.2) is 18.2 Å². The Bertz CT molecular complexity index is 808. The lowest BCUT2D eigenvalue weighted by molar-refractivity contribution is -0.136. The largest absolute Gasteiger partial charge is 0.489 e. The first-order valence-corrected chi connectivity index (χ1v) is 9.26. The summed E-state index contributed by atoms with van der Waals surface area (Å²) in [5.74, 6) is 0.685. The van der Waals surface area contributed by atoms with Gasteiger partial charge in [-0.25, -0.2) is 0 Å². The van der Waals surface area contributed by atoms with Gasteiger partial charge in [0.2, 0.25) is 11.8 Å². The van der Waals surface area contributed by atoms with E-state index < -0.39 is 6.04 Å². The van der Waals surface area contributed by atoms with Crippen molar-refractivity contribution in [2.24, 2.45) is 5.92 Å². The molecule has 3 amide bonds. The molecule has 26 heavy (non-hydrogen) atoms. The molecule has 2 saturated heterocycles. The molecule has 4 atom stereocenters. The van der Waals surface area contributed by atoms with Crippen LogP contribution >= 0.6 is 0 Å². The van der Waals surface area contributed by atoms with Crippen molar-refractivity contribution in [2.45, 2.75) is 50.4 Å². The van der Waals surface area contributed by atoms with Gasteiger partial charge in [0.15, 0.2) is 0 Å². The molecule has 3 fully saturated rings. The van der Waals surface area contributed by atoms with Crippen LogP contribution < -0.4 is 15.4 Å². The average molecular weight is 355 g/mol. The Morgan fingerprint density at radius 2 is 2.04 bits per heavy atom. The highest BCUT2D eigenvalue weighted by atomic mass is 16.5. The zero-order valence-corrected chi connectivity index (χ0v) is 14.4. The van der Waals surface area contributed by atoms with Gasteiger partial charge in [-0.3, -0.25) is 19.7 Å². The molecule has 3 heterocycles. The number of benzene rings is 1. The smallest absolute Gasteiger partial charge is 0.255 e. The van der Waals surface area contributed by atoms with E-state index >= 15 is 0 Å². The highest BCUT2D eigenvalue weighted by molar-refractivity contribution is 6.05. The number of piperidine rings is 2. The monoisotopic (exact) mass is 355 g/mol. The summed E-state index contributed by atoms with van der Waals surface area (Å²) in [5.41, 5.74) is 1.50. The third-order valence-corrected chi connectivity index (χ3v) is 6.05. The third-order valence-electron chi connectivity index (χ3n) is 6.05. The molecule has 5 rings (SSSR count). The van der Waals surface area contributed by atoms with E-state index in [4.69, 9.17) is 4.74 Å². The van der Waals surface area contributed by atoms with Crippen molar-refractivity contribution in [2.75, 3.05) is 6.54 Å². The zero-order chi connectivity index (χ0) is 17.8. The van der Waals surface area contributed by atoms with Crippen LogP contribution in [0.1, 0.15) is 41.6 Å². The number of amides is 3. The number of hydrogen-bond acceptors (Lipinski definition) is 5. The van der Waals surface area contributed by atoms with Gasteiger partial charge in [0.1, 0.15) is 17.9 Å². The summed E-state index contributed by atoms with van der Waals surface area (Å²) >= 11 is 0. The van der Waals surface area contributed by atoms with Gasteiger partial charge in [-0.05, 0) is 55.5 Å². The van der Waals surface area contributed by atoms with Crippen LogP contribution in [0, 0.1) is 5.92 Å². The van der Waals surface area contributed by atoms with Crippen molar-refractivity contribution in [1.29, 1.82) is 0 Å². The van der Waals surface area contributed by atoms with Crippen LogP contribution in [0.3, 0.4) is 0 Å². The minimum Gasteiger partial charge on any atom is -0.489 e. The van der Waals surface area contributed by atoms with Gasteiger partial charge in [0.25, 0.3) is 5.91 Å². The maximum atomic E-state index is 12.7. The number of carbonyl (C=O) groups is 3. The summed E-state index contributed by atoms with van der Waals surface area (Å²) < 4.78 is 6.17. The molecule has 4 unspecified atom stereocenters. The molecule has 2 N–H and O–H groups in total. The minimum atomic E-state index is -0.577. The second-order valence-corrected chi connectivity index (χ2v) is 7.73. The molecular formula is C19H21N3O4. The van der Waals surface area contributed by atoms with Crippen molar-refractivity contribution in [3.8, 4) is 5.75 Å². The van der Waals surface area contributed by atoms with Gasteiger partial charge in [0, 0.05) is 24.6 Å². The molecule has 1 saturated carbocycles. The van der Waals surface area contributed by atoms with Crippen molar-refractivity contribution in [1.82, 2.24) is 15.5 Å². The fourth-order valence-corrected chi connectivity index (χ4v) is 4.73. The van der Waals surface area contributed by atoms with Gasteiger partial charge in [-0.1, -0.05) is 0 Å². The van der Waals surface area contributed by atoms with E-state index in [0.717, 1.165) is 24.3 Å². The predicted octanol–water partition coefficient (Wildman–Crippen LogP) is 0.577. The van der Waals surface area contributed by atoms with E-state index in [1.807, 2.05) is 12.1 Å². The third kappa shape index (κ3) is 2.49. The van der Waals surface area contributed by atoms with Crippen LogP contribution in [0.25, 0.3) is 0 Å². The van der Waals surface area contributed by atoms with E-state index in [-0.39, 0.29) is 30.2 Å². The maximum absolute atomic E-state index is 12.7. The quantitative estimate of drug-likeness (QED) is 0.775. The summed E-state index contributed by atoms with van der Waals surface area (Å²) in [5, 5.41) is 5.81. The molecule has 136 valence electrons. The fraction of sp³-hybridized carbons (Fsp3) is 0.526. The van der Waals surface area contributed by atoms with Gasteiger partial charge in [-0.2, -0.15) is 0 Å². The van der Waals surface area contributed by atoms with E-state index in [0.29, 0.717) is 30.5 Å². The molecule has 0 radical (unpaired) electrons. The Labute approximate surface area is 151 Å². The number of rotatable bonds is 3. The van der Waals surface area contributed by atoms with Crippen LogP contribution in [-0.4, -0.2) is 47.4 Å². The van der Waals surface area contributed by atoms with E-state index in [1.165, 1.54) is 6.42 Å². The Hall–Kier alpha value is -2.41. The van der Waals surface area contributed by atoms with Crippen molar-refractivity contribution >= 4 is 17.7 Å². The predicted molar refractivity (Wildman–Crippen MR) is 91.4 cm³/mol. The number of nitrogens with zero attached hydrogens (tertiary/aromatic N) is 1. The SMILES string of the molecule is O=C1CCC(N2Cc3cc(OC4CC5CNC4C5)ccc3C2=O)C(=O)N1. The lowest BCUT2D eigenvalue weighted by Crippen LogP contribution is -2.52. The Balaban J connectivity index is 1.32. The molecule has 4 aliphatic rings. The first kappa shape index (κ1) is 15.8. The van der Waals surface area contributed by atoms with Crippen molar-refractivity contribution in [3.63, 3.8) is 0 Å². The lowest BCUT2D eigenvalue weighted by Gasteiger charge is -2.29. The number of imide groups is 1. The number of ether oxygens (including phenoxy) is 1. The lowest BCUT2D eigenvalue weighted by atomic mass is 10.0. The first-order chi connectivity index (χ1) is 12.6. The van der Waals surface area contributed by atoms with Gasteiger partial charge in [0.05, 0.1) is 0 Å². The van der Waals surface area contributed by atoms with Gasteiger partial charge < -0.3 is 15.0 Å². The van der Waals surface area contributed by atoms with Crippen LogP contribution in [-0.2, 0) is 16.1 Å². The number of fused-ring (bicyclic) bond motifs is 3. The summed E-state index contributed by atoms with van der Waals surface area (Å²) in [6.07, 6.45) is 3.09. The van der Waals surface area contributed by atoms with Crippen LogP contribution in [0.4, 0.5) is 0 Å². The normalized spacial score (nSPS) is 32.8. The molecule has 1 aliphatic carbocycles. The van der Waals surface area contributed by atoms with Crippen LogP contribution in [0.5, 0.6) is 5.75 Å². The topological polar surface area (TPSA) is 87.7 Å². The van der Waals surface area contributed by atoms with Crippen molar-refractivity contribution in [3.05, 3.63) is 29.3 Å². The Morgan fingerprint density at radius 1 is 1.15 bits per heavy atom. The van der Waals surface area contributed by atoms with E-state index in [9.17, 15) is 14.4 Å². The first-order valence-electron chi connectivity index (χ1n) is 9.26.